The Labute approximate surface area is 138 Å². The molecular weight excluding hydrogens is 280 g/mol. The van der Waals surface area contributed by atoms with E-state index in [2.05, 4.69) is 90.1 Å². The Morgan fingerprint density at radius 2 is 1.74 bits per heavy atom. The van der Waals surface area contributed by atoms with E-state index in [9.17, 15) is 0 Å². The van der Waals surface area contributed by atoms with E-state index >= 15 is 0 Å². The van der Waals surface area contributed by atoms with Crippen LogP contribution in [0.15, 0.2) is 67.1 Å². The number of nitrogens with zero attached hydrogens (tertiary/aromatic N) is 2. The Balaban J connectivity index is 1.79. The zero-order chi connectivity index (χ0) is 15.8. The van der Waals surface area contributed by atoms with Gasteiger partial charge in [-0.25, -0.2) is 9.13 Å². The van der Waals surface area contributed by atoms with Crippen LogP contribution in [-0.2, 0) is 6.54 Å². The summed E-state index contributed by atoms with van der Waals surface area (Å²) in [4.78, 5) is 0. The number of benzene rings is 2. The van der Waals surface area contributed by atoms with E-state index in [0.29, 0.717) is 12.0 Å². The molecule has 0 N–H and O–H groups in total. The Kier molecular flexibility index (Phi) is 3.53. The Bertz CT molecular complexity index is 817. The molecule has 4 rings (SSSR count). The summed E-state index contributed by atoms with van der Waals surface area (Å²) < 4.78 is 4.80. The molecule has 1 aliphatic heterocycles. The third-order valence-corrected chi connectivity index (χ3v) is 5.13. The molecule has 3 aromatic rings. The monoisotopic (exact) mass is 303 g/mol. The molecule has 0 spiro atoms. The predicted octanol–water partition coefficient (Wildman–Crippen LogP) is 4.56. The van der Waals surface area contributed by atoms with Crippen molar-refractivity contribution >= 4 is 0 Å². The van der Waals surface area contributed by atoms with Crippen molar-refractivity contribution in [2.24, 2.45) is 0 Å². The lowest BCUT2D eigenvalue weighted by atomic mass is 9.84. The molecule has 2 heteroatoms. The lowest BCUT2D eigenvalue weighted by Gasteiger charge is -2.28. The summed E-state index contributed by atoms with van der Waals surface area (Å²) in [5.41, 5.74) is 5.56. The quantitative estimate of drug-likeness (QED) is 0.627. The van der Waals surface area contributed by atoms with Crippen molar-refractivity contribution in [3.63, 3.8) is 0 Å². The molecule has 2 heterocycles. The molecule has 0 saturated carbocycles. The van der Waals surface area contributed by atoms with E-state index in [1.165, 1.54) is 22.4 Å². The molecule has 0 aliphatic carbocycles. The van der Waals surface area contributed by atoms with Crippen LogP contribution in [0.25, 0.3) is 11.3 Å². The van der Waals surface area contributed by atoms with Gasteiger partial charge in [-0.05, 0) is 17.5 Å². The summed E-state index contributed by atoms with van der Waals surface area (Å²) in [6.07, 6.45) is 5.76. The summed E-state index contributed by atoms with van der Waals surface area (Å²) >= 11 is 0. The topological polar surface area (TPSA) is 8.81 Å². The maximum Gasteiger partial charge on any atom is 0.244 e. The highest BCUT2D eigenvalue weighted by Gasteiger charge is 2.34. The summed E-state index contributed by atoms with van der Waals surface area (Å²) in [5, 5.41) is 0. The second kappa shape index (κ2) is 5.69. The van der Waals surface area contributed by atoms with Gasteiger partial charge >= 0.3 is 0 Å². The van der Waals surface area contributed by atoms with Crippen molar-refractivity contribution in [3.8, 4) is 11.3 Å². The van der Waals surface area contributed by atoms with E-state index in [1.54, 1.807) is 0 Å². The number of hydrogen-bond donors (Lipinski definition) is 0. The first-order valence-electron chi connectivity index (χ1n) is 8.52. The maximum atomic E-state index is 2.48. The van der Waals surface area contributed by atoms with Crippen LogP contribution in [0, 0.1) is 0 Å². The fourth-order valence-corrected chi connectivity index (χ4v) is 3.96. The Morgan fingerprint density at radius 3 is 2.52 bits per heavy atom. The van der Waals surface area contributed by atoms with Gasteiger partial charge in [-0.2, -0.15) is 0 Å². The summed E-state index contributed by atoms with van der Waals surface area (Å²) in [5.74, 6) is 0.557. The van der Waals surface area contributed by atoms with Crippen LogP contribution < -0.4 is 4.57 Å². The molecule has 1 unspecified atom stereocenters. The minimum Gasteiger partial charge on any atom is -0.232 e. The van der Waals surface area contributed by atoms with Crippen LogP contribution in [0.2, 0.25) is 0 Å². The van der Waals surface area contributed by atoms with E-state index in [4.69, 9.17) is 0 Å². The highest BCUT2D eigenvalue weighted by molar-refractivity contribution is 5.66. The van der Waals surface area contributed by atoms with Crippen molar-refractivity contribution in [2.45, 2.75) is 38.8 Å². The van der Waals surface area contributed by atoms with Crippen molar-refractivity contribution < 1.29 is 4.57 Å². The first-order valence-corrected chi connectivity index (χ1v) is 8.52. The number of imidazole rings is 1. The minimum absolute atomic E-state index is 0.539. The molecule has 0 amide bonds. The molecule has 2 nitrogen and oxygen atoms in total. The second-order valence-corrected chi connectivity index (χ2v) is 6.55. The number of aromatic nitrogens is 2. The van der Waals surface area contributed by atoms with Gasteiger partial charge in [-0.1, -0.05) is 68.4 Å². The number of rotatable bonds is 3. The van der Waals surface area contributed by atoms with Crippen molar-refractivity contribution in [2.75, 3.05) is 0 Å². The van der Waals surface area contributed by atoms with E-state index < -0.39 is 0 Å². The van der Waals surface area contributed by atoms with Crippen molar-refractivity contribution in [1.82, 2.24) is 4.57 Å². The standard InChI is InChI=1S/C21H23N2/c1-3-20-16(2)18-11-7-8-12-19(18)21-14-22(15-23(20)21)13-17-9-5-4-6-10-17/h4-12,14-16,20H,3,13H2,1-2H3/q+1/t16?,20-/m1/s1. The Hall–Kier alpha value is -2.35. The van der Waals surface area contributed by atoms with Gasteiger partial charge in [0, 0.05) is 11.5 Å². The molecule has 116 valence electrons. The smallest absolute Gasteiger partial charge is 0.232 e. The third kappa shape index (κ3) is 2.39. The molecule has 0 radical (unpaired) electrons. The first-order chi connectivity index (χ1) is 11.3. The summed E-state index contributed by atoms with van der Waals surface area (Å²) in [6.45, 7) is 5.58. The van der Waals surface area contributed by atoms with E-state index in [0.717, 1.165) is 13.0 Å². The highest BCUT2D eigenvalue weighted by Crippen LogP contribution is 2.42. The van der Waals surface area contributed by atoms with Gasteiger partial charge in [0.05, 0.1) is 0 Å². The molecule has 1 aromatic heterocycles. The van der Waals surface area contributed by atoms with Crippen molar-refractivity contribution in [1.29, 1.82) is 0 Å². The molecule has 2 atom stereocenters. The van der Waals surface area contributed by atoms with Crippen LogP contribution in [0.4, 0.5) is 0 Å². The average molecular weight is 303 g/mol. The maximum absolute atomic E-state index is 2.48. The van der Waals surface area contributed by atoms with Gasteiger partial charge < -0.3 is 0 Å². The second-order valence-electron chi connectivity index (χ2n) is 6.55. The number of fused-ring (bicyclic) bond motifs is 3. The van der Waals surface area contributed by atoms with Crippen LogP contribution in [0.5, 0.6) is 0 Å². The normalized spacial score (nSPS) is 19.2. The summed E-state index contributed by atoms with van der Waals surface area (Å²) in [7, 11) is 0. The molecule has 23 heavy (non-hydrogen) atoms. The van der Waals surface area contributed by atoms with E-state index in [1.807, 2.05) is 0 Å². The predicted molar refractivity (Wildman–Crippen MR) is 93.4 cm³/mol. The van der Waals surface area contributed by atoms with Gasteiger partial charge in [0.1, 0.15) is 18.8 Å². The SMILES string of the molecule is CC[C@@H]1C(C)c2ccccc2-c2c[n+](Cc3ccccc3)cn21. The zero-order valence-electron chi connectivity index (χ0n) is 13.8. The fourth-order valence-electron chi connectivity index (χ4n) is 3.96. The molecule has 0 bridgehead atoms. The largest absolute Gasteiger partial charge is 0.244 e. The molecular formula is C21H23N2+. The average Bonchev–Trinajstić information content (AvgIpc) is 3.00. The Morgan fingerprint density at radius 1 is 1.00 bits per heavy atom. The zero-order valence-corrected chi connectivity index (χ0v) is 13.8. The fraction of sp³-hybridized carbons (Fsp3) is 0.286. The van der Waals surface area contributed by atoms with Crippen LogP contribution in [-0.4, -0.2) is 4.57 Å². The van der Waals surface area contributed by atoms with Crippen molar-refractivity contribution in [3.05, 3.63) is 78.2 Å². The van der Waals surface area contributed by atoms with Crippen LogP contribution >= 0.6 is 0 Å². The van der Waals surface area contributed by atoms with Crippen LogP contribution in [0.1, 0.15) is 43.4 Å². The molecule has 1 aliphatic rings. The molecule has 2 aromatic carbocycles. The van der Waals surface area contributed by atoms with Gasteiger partial charge in [0.25, 0.3) is 0 Å². The third-order valence-electron chi connectivity index (χ3n) is 5.13. The first kappa shape index (κ1) is 14.3. The summed E-state index contributed by atoms with van der Waals surface area (Å²) in [6, 6.07) is 20.1. The lowest BCUT2D eigenvalue weighted by Crippen LogP contribution is -2.32. The lowest BCUT2D eigenvalue weighted by molar-refractivity contribution is -0.687. The molecule has 0 saturated heterocycles. The number of hydrogen-bond acceptors (Lipinski definition) is 0. The molecule has 0 fully saturated rings. The van der Waals surface area contributed by atoms with Gasteiger partial charge in [-0.15, -0.1) is 0 Å². The van der Waals surface area contributed by atoms with Crippen LogP contribution in [0.3, 0.4) is 0 Å². The van der Waals surface area contributed by atoms with Gasteiger partial charge in [0.15, 0.2) is 5.69 Å². The highest BCUT2D eigenvalue weighted by atomic mass is 15.2. The minimum atomic E-state index is 0.539. The van der Waals surface area contributed by atoms with Gasteiger partial charge in [-0.3, -0.25) is 0 Å². The van der Waals surface area contributed by atoms with Gasteiger partial charge in [0.2, 0.25) is 6.33 Å². The van der Waals surface area contributed by atoms with E-state index in [-0.39, 0.29) is 0 Å².